The molecule has 20 heavy (non-hydrogen) atoms. The Labute approximate surface area is 132 Å². The highest BCUT2D eigenvalue weighted by molar-refractivity contribution is 7.80. The van der Waals surface area contributed by atoms with Crippen LogP contribution >= 0.6 is 35.2 Å². The molecule has 0 unspecified atom stereocenters. The summed E-state index contributed by atoms with van der Waals surface area (Å²) in [6.45, 7) is 2.82. The van der Waals surface area contributed by atoms with Crippen molar-refractivity contribution in [2.24, 2.45) is 0 Å². The molecule has 2 nitrogen and oxygen atoms in total. The van der Waals surface area contributed by atoms with Gasteiger partial charge in [-0.2, -0.15) is 0 Å². The van der Waals surface area contributed by atoms with Crippen LogP contribution in [0.3, 0.4) is 0 Å². The van der Waals surface area contributed by atoms with Gasteiger partial charge < -0.3 is 10.2 Å². The molecular formula is C14H14ClFN2S2. The second-order valence-electron chi connectivity index (χ2n) is 4.44. The van der Waals surface area contributed by atoms with Gasteiger partial charge in [0.15, 0.2) is 5.11 Å². The van der Waals surface area contributed by atoms with E-state index < -0.39 is 5.82 Å². The average Bonchev–Trinajstić information content (AvgIpc) is 2.79. The fourth-order valence-corrected chi connectivity index (χ4v) is 2.97. The second-order valence-corrected chi connectivity index (χ2v) is 6.24. The Balaban J connectivity index is 2.00. The monoisotopic (exact) mass is 328 g/mol. The Hall–Kier alpha value is -1.17. The first kappa shape index (κ1) is 15.2. The van der Waals surface area contributed by atoms with E-state index >= 15 is 0 Å². The number of nitrogens with zero attached hydrogens (tertiary/aromatic N) is 1. The van der Waals surface area contributed by atoms with Crippen molar-refractivity contribution in [2.45, 2.75) is 13.5 Å². The van der Waals surface area contributed by atoms with Crippen molar-refractivity contribution in [1.29, 1.82) is 0 Å². The molecule has 0 saturated heterocycles. The van der Waals surface area contributed by atoms with E-state index in [2.05, 4.69) is 23.7 Å². The minimum absolute atomic E-state index is 0.0783. The Morgan fingerprint density at radius 2 is 2.20 bits per heavy atom. The largest absolute Gasteiger partial charge is 0.347 e. The molecule has 0 aliphatic rings. The van der Waals surface area contributed by atoms with E-state index in [1.165, 1.54) is 22.6 Å². The molecule has 0 aliphatic carbocycles. The average molecular weight is 329 g/mol. The fourth-order valence-electron chi connectivity index (χ4n) is 1.65. The van der Waals surface area contributed by atoms with Gasteiger partial charge in [0, 0.05) is 17.6 Å². The highest BCUT2D eigenvalue weighted by atomic mass is 35.5. The van der Waals surface area contributed by atoms with E-state index in [4.69, 9.17) is 23.8 Å². The topological polar surface area (TPSA) is 15.3 Å². The van der Waals surface area contributed by atoms with Crippen LogP contribution in [-0.2, 0) is 6.54 Å². The molecule has 6 heteroatoms. The molecule has 1 heterocycles. The molecule has 1 N–H and O–H groups in total. The van der Waals surface area contributed by atoms with Gasteiger partial charge in [0.1, 0.15) is 5.82 Å². The number of rotatable bonds is 3. The number of anilines is 1. The van der Waals surface area contributed by atoms with Gasteiger partial charge >= 0.3 is 0 Å². The quantitative estimate of drug-likeness (QED) is 0.824. The van der Waals surface area contributed by atoms with Crippen molar-refractivity contribution in [2.75, 3.05) is 12.4 Å². The Kier molecular flexibility index (Phi) is 4.96. The zero-order chi connectivity index (χ0) is 14.7. The first-order valence-corrected chi connectivity index (χ1v) is 7.64. The first-order valence-electron chi connectivity index (χ1n) is 5.97. The van der Waals surface area contributed by atoms with Gasteiger partial charge in [-0.05, 0) is 54.4 Å². The summed E-state index contributed by atoms with van der Waals surface area (Å²) in [7, 11) is 1.92. The van der Waals surface area contributed by atoms with Crippen LogP contribution in [0.5, 0.6) is 0 Å². The molecule has 0 aliphatic heterocycles. The normalized spacial score (nSPS) is 10.4. The lowest BCUT2D eigenvalue weighted by atomic mass is 10.3. The van der Waals surface area contributed by atoms with Gasteiger partial charge in [0.05, 0.1) is 11.6 Å². The van der Waals surface area contributed by atoms with Crippen molar-refractivity contribution in [3.63, 3.8) is 0 Å². The lowest BCUT2D eigenvalue weighted by molar-refractivity contribution is 0.512. The summed E-state index contributed by atoms with van der Waals surface area (Å²) >= 11 is 12.8. The molecule has 106 valence electrons. The van der Waals surface area contributed by atoms with Gasteiger partial charge in [0.25, 0.3) is 0 Å². The number of aryl methyl sites for hydroxylation is 1. The Bertz CT molecular complexity index is 627. The maximum atomic E-state index is 13.1. The van der Waals surface area contributed by atoms with E-state index in [1.54, 1.807) is 17.4 Å². The van der Waals surface area contributed by atoms with E-state index in [-0.39, 0.29) is 5.02 Å². The predicted molar refractivity (Wildman–Crippen MR) is 88.2 cm³/mol. The molecular weight excluding hydrogens is 315 g/mol. The highest BCUT2D eigenvalue weighted by Gasteiger charge is 2.09. The summed E-state index contributed by atoms with van der Waals surface area (Å²) in [5, 5.41) is 5.76. The minimum atomic E-state index is -0.439. The SMILES string of the molecule is Cc1ccsc1CN(C)C(=S)Nc1ccc(F)c(Cl)c1. The lowest BCUT2D eigenvalue weighted by Crippen LogP contribution is -2.30. The van der Waals surface area contributed by atoms with Crippen LogP contribution in [0.15, 0.2) is 29.6 Å². The number of hydrogen-bond acceptors (Lipinski definition) is 2. The highest BCUT2D eigenvalue weighted by Crippen LogP contribution is 2.21. The minimum Gasteiger partial charge on any atom is -0.347 e. The van der Waals surface area contributed by atoms with Crippen LogP contribution in [-0.4, -0.2) is 17.1 Å². The number of hydrogen-bond donors (Lipinski definition) is 1. The smallest absolute Gasteiger partial charge is 0.173 e. The van der Waals surface area contributed by atoms with E-state index in [0.29, 0.717) is 10.8 Å². The zero-order valence-corrected chi connectivity index (χ0v) is 13.5. The molecule has 2 rings (SSSR count). The summed E-state index contributed by atoms with van der Waals surface area (Å²) in [4.78, 5) is 3.21. The molecule has 0 atom stereocenters. The van der Waals surface area contributed by atoms with Crippen LogP contribution in [0.2, 0.25) is 5.02 Å². The van der Waals surface area contributed by atoms with Crippen LogP contribution < -0.4 is 5.32 Å². The molecule has 0 saturated carbocycles. The molecule has 0 radical (unpaired) electrons. The summed E-state index contributed by atoms with van der Waals surface area (Å²) in [6.07, 6.45) is 0. The van der Waals surface area contributed by atoms with Crippen molar-refractivity contribution < 1.29 is 4.39 Å². The summed E-state index contributed by atoms with van der Waals surface area (Å²) < 4.78 is 13.1. The lowest BCUT2D eigenvalue weighted by Gasteiger charge is -2.21. The standard InChI is InChI=1S/C14H14ClFN2S2/c1-9-5-6-20-13(9)8-18(2)14(19)17-10-3-4-12(16)11(15)7-10/h3-7H,8H2,1-2H3,(H,17,19). The Morgan fingerprint density at radius 1 is 1.45 bits per heavy atom. The van der Waals surface area contributed by atoms with E-state index in [0.717, 1.165) is 6.54 Å². The third-order valence-corrected chi connectivity index (χ3v) is 4.58. The maximum Gasteiger partial charge on any atom is 0.173 e. The molecule has 0 fully saturated rings. The van der Waals surface area contributed by atoms with Crippen molar-refractivity contribution in [1.82, 2.24) is 4.90 Å². The van der Waals surface area contributed by atoms with Gasteiger partial charge in [-0.15, -0.1) is 11.3 Å². The number of halogens is 2. The van der Waals surface area contributed by atoms with Crippen molar-refractivity contribution >= 4 is 46.0 Å². The third kappa shape index (κ3) is 3.69. The summed E-state index contributed by atoms with van der Waals surface area (Å²) in [5.41, 5.74) is 1.94. The van der Waals surface area contributed by atoms with Crippen LogP contribution in [0.25, 0.3) is 0 Å². The van der Waals surface area contributed by atoms with Crippen LogP contribution in [0.4, 0.5) is 10.1 Å². The van der Waals surface area contributed by atoms with Gasteiger partial charge in [-0.3, -0.25) is 0 Å². The number of benzene rings is 1. The summed E-state index contributed by atoms with van der Waals surface area (Å²) in [6, 6.07) is 6.53. The first-order chi connectivity index (χ1) is 9.47. The van der Waals surface area contributed by atoms with Gasteiger partial charge in [0.2, 0.25) is 0 Å². The zero-order valence-electron chi connectivity index (χ0n) is 11.1. The van der Waals surface area contributed by atoms with Crippen molar-refractivity contribution in [3.8, 4) is 0 Å². The molecule has 1 aromatic heterocycles. The molecule has 0 spiro atoms. The predicted octanol–water partition coefficient (Wildman–Crippen LogP) is 4.68. The molecule has 0 amide bonds. The Morgan fingerprint density at radius 3 is 2.80 bits per heavy atom. The molecule has 0 bridgehead atoms. The molecule has 1 aromatic carbocycles. The third-order valence-electron chi connectivity index (χ3n) is 2.87. The summed E-state index contributed by atoms with van der Waals surface area (Å²) in [5.74, 6) is -0.439. The number of nitrogens with one attached hydrogen (secondary N) is 1. The van der Waals surface area contributed by atoms with Crippen LogP contribution in [0.1, 0.15) is 10.4 Å². The van der Waals surface area contributed by atoms with E-state index in [9.17, 15) is 4.39 Å². The number of thiocarbonyl (C=S) groups is 1. The van der Waals surface area contributed by atoms with Crippen LogP contribution in [0, 0.1) is 12.7 Å². The van der Waals surface area contributed by atoms with Gasteiger partial charge in [-0.1, -0.05) is 11.6 Å². The van der Waals surface area contributed by atoms with Crippen molar-refractivity contribution in [3.05, 3.63) is 50.9 Å². The van der Waals surface area contributed by atoms with Gasteiger partial charge in [-0.25, -0.2) is 4.39 Å². The second kappa shape index (κ2) is 6.52. The number of thiophene rings is 1. The molecule has 2 aromatic rings. The fraction of sp³-hybridized carbons (Fsp3) is 0.214. The van der Waals surface area contributed by atoms with E-state index in [1.807, 2.05) is 11.9 Å². The maximum absolute atomic E-state index is 13.1.